The standard InChI is InChI=1S/C10H13BrN2O2/c11-8-4-2-1-3-7(8)5-13-6-9(12)10(14)15/h1-4,9,13H,5-6,12H2,(H,14,15). The van der Waals surface area contributed by atoms with Gasteiger partial charge in [0.2, 0.25) is 0 Å². The normalized spacial score (nSPS) is 12.4. The highest BCUT2D eigenvalue weighted by Gasteiger charge is 2.10. The number of rotatable bonds is 5. The molecule has 0 aromatic heterocycles. The minimum atomic E-state index is -0.991. The first-order chi connectivity index (χ1) is 7.11. The quantitative estimate of drug-likeness (QED) is 0.746. The van der Waals surface area contributed by atoms with Crippen LogP contribution in [0.5, 0.6) is 0 Å². The SMILES string of the molecule is NC(CNCc1ccccc1Br)C(=O)O. The van der Waals surface area contributed by atoms with E-state index in [1.54, 1.807) is 0 Å². The van der Waals surface area contributed by atoms with Crippen LogP contribution >= 0.6 is 15.9 Å². The molecule has 5 heteroatoms. The van der Waals surface area contributed by atoms with E-state index in [0.29, 0.717) is 6.54 Å². The van der Waals surface area contributed by atoms with Gasteiger partial charge in [0.25, 0.3) is 0 Å². The average molecular weight is 273 g/mol. The molecule has 1 aromatic rings. The number of benzene rings is 1. The molecule has 0 amide bonds. The van der Waals surface area contributed by atoms with E-state index in [4.69, 9.17) is 10.8 Å². The largest absolute Gasteiger partial charge is 0.480 e. The van der Waals surface area contributed by atoms with Crippen molar-refractivity contribution in [3.63, 3.8) is 0 Å². The number of hydrogen-bond donors (Lipinski definition) is 3. The van der Waals surface area contributed by atoms with Gasteiger partial charge in [0.1, 0.15) is 6.04 Å². The first kappa shape index (κ1) is 12.2. The van der Waals surface area contributed by atoms with Gasteiger partial charge in [-0.05, 0) is 11.6 Å². The summed E-state index contributed by atoms with van der Waals surface area (Å²) < 4.78 is 1.00. The predicted molar refractivity (Wildman–Crippen MR) is 61.5 cm³/mol. The van der Waals surface area contributed by atoms with Crippen LogP contribution in [-0.2, 0) is 11.3 Å². The van der Waals surface area contributed by atoms with Gasteiger partial charge < -0.3 is 16.2 Å². The Morgan fingerprint density at radius 1 is 1.53 bits per heavy atom. The molecular weight excluding hydrogens is 260 g/mol. The molecule has 0 aliphatic rings. The summed E-state index contributed by atoms with van der Waals surface area (Å²) in [5.41, 5.74) is 6.42. The van der Waals surface area contributed by atoms with Crippen molar-refractivity contribution in [3.8, 4) is 0 Å². The van der Waals surface area contributed by atoms with Crippen LogP contribution in [0.1, 0.15) is 5.56 Å². The summed E-state index contributed by atoms with van der Waals surface area (Å²) in [6.45, 7) is 0.860. The number of nitrogens with one attached hydrogen (secondary N) is 1. The molecule has 1 atom stereocenters. The van der Waals surface area contributed by atoms with Crippen LogP contribution in [0.3, 0.4) is 0 Å². The minimum absolute atomic E-state index is 0.261. The summed E-state index contributed by atoms with van der Waals surface area (Å²) in [6, 6.07) is 6.90. The molecule has 1 rings (SSSR count). The Kier molecular flexibility index (Phi) is 4.74. The topological polar surface area (TPSA) is 75.3 Å². The van der Waals surface area contributed by atoms with Crippen LogP contribution in [0.15, 0.2) is 28.7 Å². The van der Waals surface area contributed by atoms with Crippen molar-refractivity contribution in [3.05, 3.63) is 34.3 Å². The first-order valence-electron chi connectivity index (χ1n) is 4.53. The smallest absolute Gasteiger partial charge is 0.321 e. The van der Waals surface area contributed by atoms with Crippen molar-refractivity contribution in [2.45, 2.75) is 12.6 Å². The Morgan fingerprint density at radius 2 is 2.20 bits per heavy atom. The fraction of sp³-hybridized carbons (Fsp3) is 0.300. The van der Waals surface area contributed by atoms with Gasteiger partial charge in [-0.2, -0.15) is 0 Å². The van der Waals surface area contributed by atoms with E-state index in [0.717, 1.165) is 10.0 Å². The van der Waals surface area contributed by atoms with E-state index in [9.17, 15) is 4.79 Å². The van der Waals surface area contributed by atoms with Crippen molar-refractivity contribution < 1.29 is 9.90 Å². The number of carboxylic acids is 1. The van der Waals surface area contributed by atoms with Crippen molar-refractivity contribution in [1.82, 2.24) is 5.32 Å². The lowest BCUT2D eigenvalue weighted by Crippen LogP contribution is -2.40. The van der Waals surface area contributed by atoms with Gasteiger partial charge >= 0.3 is 5.97 Å². The molecule has 15 heavy (non-hydrogen) atoms. The van der Waals surface area contributed by atoms with Crippen molar-refractivity contribution >= 4 is 21.9 Å². The van der Waals surface area contributed by atoms with Gasteiger partial charge in [0.05, 0.1) is 0 Å². The predicted octanol–water partition coefficient (Wildman–Crippen LogP) is 0.951. The molecule has 0 aliphatic heterocycles. The Balaban J connectivity index is 2.38. The third-order valence-electron chi connectivity index (χ3n) is 1.95. The maximum atomic E-state index is 10.4. The van der Waals surface area contributed by atoms with Crippen LogP contribution in [0.4, 0.5) is 0 Å². The third kappa shape index (κ3) is 3.99. The van der Waals surface area contributed by atoms with E-state index < -0.39 is 12.0 Å². The maximum Gasteiger partial charge on any atom is 0.321 e. The zero-order chi connectivity index (χ0) is 11.3. The summed E-state index contributed by atoms with van der Waals surface area (Å²) >= 11 is 3.40. The molecule has 0 saturated carbocycles. The van der Waals surface area contributed by atoms with Crippen LogP contribution in [0.25, 0.3) is 0 Å². The van der Waals surface area contributed by atoms with E-state index in [2.05, 4.69) is 21.2 Å². The molecule has 1 aromatic carbocycles. The molecule has 0 radical (unpaired) electrons. The molecule has 82 valence electrons. The van der Waals surface area contributed by atoms with Gasteiger partial charge in [0, 0.05) is 17.6 Å². The monoisotopic (exact) mass is 272 g/mol. The van der Waals surface area contributed by atoms with E-state index >= 15 is 0 Å². The molecule has 4 nitrogen and oxygen atoms in total. The fourth-order valence-electron chi connectivity index (χ4n) is 1.09. The molecule has 0 spiro atoms. The zero-order valence-electron chi connectivity index (χ0n) is 8.11. The Bertz CT molecular complexity index is 344. The molecule has 4 N–H and O–H groups in total. The summed E-state index contributed by atoms with van der Waals surface area (Å²) in [6.07, 6.45) is 0. The van der Waals surface area contributed by atoms with E-state index in [-0.39, 0.29) is 6.54 Å². The Labute approximate surface area is 96.6 Å². The number of nitrogens with two attached hydrogens (primary N) is 1. The second-order valence-electron chi connectivity index (χ2n) is 3.17. The lowest BCUT2D eigenvalue weighted by molar-refractivity contribution is -0.138. The van der Waals surface area contributed by atoms with Crippen LogP contribution in [0.2, 0.25) is 0 Å². The second-order valence-corrected chi connectivity index (χ2v) is 4.02. The highest BCUT2D eigenvalue weighted by atomic mass is 79.9. The van der Waals surface area contributed by atoms with Crippen LogP contribution in [-0.4, -0.2) is 23.7 Å². The number of halogens is 1. The van der Waals surface area contributed by atoms with Crippen molar-refractivity contribution in [2.24, 2.45) is 5.73 Å². The highest BCUT2D eigenvalue weighted by Crippen LogP contribution is 2.14. The van der Waals surface area contributed by atoms with E-state index in [1.807, 2.05) is 24.3 Å². The lowest BCUT2D eigenvalue weighted by Gasteiger charge is -2.09. The lowest BCUT2D eigenvalue weighted by atomic mass is 10.2. The molecule has 1 unspecified atom stereocenters. The van der Waals surface area contributed by atoms with Gasteiger partial charge in [0.15, 0.2) is 0 Å². The molecule has 0 saturated heterocycles. The van der Waals surface area contributed by atoms with Gasteiger partial charge in [-0.1, -0.05) is 34.1 Å². The molecule has 0 aliphatic carbocycles. The average Bonchev–Trinajstić information content (AvgIpc) is 2.20. The number of hydrogen-bond acceptors (Lipinski definition) is 3. The third-order valence-corrected chi connectivity index (χ3v) is 2.73. The summed E-state index contributed by atoms with van der Waals surface area (Å²) in [5, 5.41) is 11.5. The van der Waals surface area contributed by atoms with Gasteiger partial charge in [-0.15, -0.1) is 0 Å². The van der Waals surface area contributed by atoms with Gasteiger partial charge in [-0.3, -0.25) is 4.79 Å². The Hall–Kier alpha value is -0.910. The molecule has 0 bridgehead atoms. The summed E-state index contributed by atoms with van der Waals surface area (Å²) in [4.78, 5) is 10.4. The van der Waals surface area contributed by atoms with Crippen LogP contribution < -0.4 is 11.1 Å². The molecule has 0 heterocycles. The number of carboxylic acid groups (broad SMARTS) is 1. The molecular formula is C10H13BrN2O2. The second kappa shape index (κ2) is 5.85. The highest BCUT2D eigenvalue weighted by molar-refractivity contribution is 9.10. The summed E-state index contributed by atoms with van der Waals surface area (Å²) in [5.74, 6) is -0.991. The summed E-state index contributed by atoms with van der Waals surface area (Å²) in [7, 11) is 0. The van der Waals surface area contributed by atoms with Crippen LogP contribution in [0, 0.1) is 0 Å². The minimum Gasteiger partial charge on any atom is -0.480 e. The number of aliphatic carboxylic acids is 1. The fourth-order valence-corrected chi connectivity index (χ4v) is 1.52. The van der Waals surface area contributed by atoms with Gasteiger partial charge in [-0.25, -0.2) is 0 Å². The Morgan fingerprint density at radius 3 is 2.80 bits per heavy atom. The first-order valence-corrected chi connectivity index (χ1v) is 5.33. The van der Waals surface area contributed by atoms with E-state index in [1.165, 1.54) is 0 Å². The van der Waals surface area contributed by atoms with Crippen molar-refractivity contribution in [1.29, 1.82) is 0 Å². The maximum absolute atomic E-state index is 10.4. The number of carbonyl (C=O) groups is 1. The molecule has 0 fully saturated rings. The zero-order valence-corrected chi connectivity index (χ0v) is 9.70. The van der Waals surface area contributed by atoms with Crippen molar-refractivity contribution in [2.75, 3.05) is 6.54 Å².